The van der Waals surface area contributed by atoms with Crippen LogP contribution in [0.4, 0.5) is 5.13 Å². The lowest BCUT2D eigenvalue weighted by atomic mass is 10.0. The van der Waals surface area contributed by atoms with Crippen molar-refractivity contribution in [3.63, 3.8) is 0 Å². The summed E-state index contributed by atoms with van der Waals surface area (Å²) in [4.78, 5) is 45.3. The predicted octanol–water partition coefficient (Wildman–Crippen LogP) is 4.39. The molecule has 0 aliphatic carbocycles. The third kappa shape index (κ3) is 2.96. The summed E-state index contributed by atoms with van der Waals surface area (Å²) < 4.78 is 16.8. The Morgan fingerprint density at radius 2 is 1.94 bits per heavy atom. The first kappa shape index (κ1) is 20.2. The molecular weight excluding hydrogens is 432 g/mol. The Hall–Kier alpha value is -3.72. The van der Waals surface area contributed by atoms with Gasteiger partial charge in [0.05, 0.1) is 23.3 Å². The summed E-state index contributed by atoms with van der Waals surface area (Å²) >= 11 is 1.03. The molecule has 4 aromatic rings. The number of benzene rings is 1. The number of ether oxygens (including phenoxy) is 1. The van der Waals surface area contributed by atoms with Gasteiger partial charge in [-0.2, -0.15) is 0 Å². The Labute approximate surface area is 186 Å². The fourth-order valence-electron chi connectivity index (χ4n) is 3.86. The van der Waals surface area contributed by atoms with E-state index in [-0.39, 0.29) is 28.5 Å². The van der Waals surface area contributed by atoms with E-state index in [1.807, 2.05) is 0 Å². The lowest BCUT2D eigenvalue weighted by Crippen LogP contribution is -2.29. The molecule has 0 saturated carbocycles. The van der Waals surface area contributed by atoms with Crippen molar-refractivity contribution in [1.29, 1.82) is 0 Å². The van der Waals surface area contributed by atoms with Crippen molar-refractivity contribution in [3.8, 4) is 0 Å². The molecule has 0 N–H and O–H groups in total. The summed E-state index contributed by atoms with van der Waals surface area (Å²) in [6.45, 7) is 5.39. The molecule has 3 aromatic heterocycles. The first-order valence-corrected chi connectivity index (χ1v) is 10.8. The number of hydrogen-bond acceptors (Lipinski definition) is 8. The highest BCUT2D eigenvalue weighted by Crippen LogP contribution is 2.43. The fourth-order valence-corrected chi connectivity index (χ4v) is 4.85. The first-order chi connectivity index (χ1) is 15.4. The number of fused-ring (bicyclic) bond motifs is 2. The van der Waals surface area contributed by atoms with Gasteiger partial charge in [0.1, 0.15) is 28.0 Å². The summed E-state index contributed by atoms with van der Waals surface area (Å²) in [5.41, 5.74) is 0.638. The Morgan fingerprint density at radius 1 is 1.16 bits per heavy atom. The van der Waals surface area contributed by atoms with Gasteiger partial charge in [0.2, 0.25) is 5.76 Å². The minimum atomic E-state index is -0.868. The van der Waals surface area contributed by atoms with Crippen LogP contribution in [0.1, 0.15) is 56.0 Å². The van der Waals surface area contributed by atoms with Gasteiger partial charge in [-0.15, -0.1) is 0 Å². The van der Waals surface area contributed by atoms with Crippen LogP contribution in [0.15, 0.2) is 50.0 Å². The second kappa shape index (κ2) is 7.45. The zero-order valence-corrected chi connectivity index (χ0v) is 18.3. The standard InChI is InChI=1S/C23H18N2O6S/c1-4-29-22(28)20-12(3)24-23(32-20)25-17(15-10-9-11(2)30-15)16-18(26)13-7-5-6-8-14(13)31-19(16)21(25)27/h5-10,17H,4H2,1-3H3/t17-/m0/s1. The van der Waals surface area contributed by atoms with Gasteiger partial charge < -0.3 is 13.6 Å². The number of aromatic nitrogens is 1. The second-order valence-electron chi connectivity index (χ2n) is 7.33. The maximum absolute atomic E-state index is 13.5. The van der Waals surface area contributed by atoms with Crippen LogP contribution < -0.4 is 10.3 Å². The number of carbonyl (C=O) groups excluding carboxylic acids is 2. The molecule has 1 aliphatic rings. The van der Waals surface area contributed by atoms with Crippen molar-refractivity contribution >= 4 is 39.3 Å². The average Bonchev–Trinajstić information content (AvgIpc) is 3.44. The number of anilines is 1. The van der Waals surface area contributed by atoms with Crippen molar-refractivity contribution in [2.24, 2.45) is 0 Å². The number of para-hydroxylation sites is 1. The number of rotatable bonds is 4. The van der Waals surface area contributed by atoms with E-state index in [2.05, 4.69) is 4.98 Å². The fraction of sp³-hybridized carbons (Fsp3) is 0.217. The minimum Gasteiger partial charge on any atom is -0.464 e. The predicted molar refractivity (Wildman–Crippen MR) is 117 cm³/mol. The monoisotopic (exact) mass is 450 g/mol. The molecular formula is C23H18N2O6S. The molecule has 1 atom stereocenters. The van der Waals surface area contributed by atoms with Crippen LogP contribution in [-0.4, -0.2) is 23.5 Å². The van der Waals surface area contributed by atoms with Gasteiger partial charge in [0.25, 0.3) is 5.91 Å². The number of furan rings is 1. The molecule has 162 valence electrons. The van der Waals surface area contributed by atoms with Gasteiger partial charge in [-0.1, -0.05) is 23.5 Å². The van der Waals surface area contributed by atoms with Gasteiger partial charge in [0, 0.05) is 0 Å². The molecule has 1 aromatic carbocycles. The van der Waals surface area contributed by atoms with Crippen LogP contribution in [0.3, 0.4) is 0 Å². The van der Waals surface area contributed by atoms with Crippen LogP contribution in [0, 0.1) is 13.8 Å². The van der Waals surface area contributed by atoms with E-state index in [0.29, 0.717) is 33.1 Å². The van der Waals surface area contributed by atoms with E-state index in [9.17, 15) is 14.4 Å². The Bertz CT molecular complexity index is 1450. The molecule has 0 bridgehead atoms. The second-order valence-corrected chi connectivity index (χ2v) is 8.31. The highest BCUT2D eigenvalue weighted by atomic mass is 32.1. The van der Waals surface area contributed by atoms with Crippen molar-refractivity contribution in [3.05, 3.63) is 80.0 Å². The molecule has 0 saturated heterocycles. The summed E-state index contributed by atoms with van der Waals surface area (Å²) in [6, 6.07) is 9.39. The Kier molecular flexibility index (Phi) is 4.70. The average molecular weight is 450 g/mol. The van der Waals surface area contributed by atoms with Crippen LogP contribution in [-0.2, 0) is 4.74 Å². The van der Waals surface area contributed by atoms with E-state index < -0.39 is 17.9 Å². The van der Waals surface area contributed by atoms with Crippen molar-refractivity contribution in [2.45, 2.75) is 26.8 Å². The van der Waals surface area contributed by atoms with Crippen LogP contribution >= 0.6 is 11.3 Å². The number of aryl methyl sites for hydroxylation is 2. The molecule has 1 amide bonds. The number of carbonyl (C=O) groups is 2. The maximum Gasteiger partial charge on any atom is 0.350 e. The zero-order chi connectivity index (χ0) is 22.6. The third-order valence-electron chi connectivity index (χ3n) is 5.26. The van der Waals surface area contributed by atoms with Crippen molar-refractivity contribution in [2.75, 3.05) is 11.5 Å². The van der Waals surface area contributed by atoms with Crippen LogP contribution in [0.25, 0.3) is 11.0 Å². The quantitative estimate of drug-likeness (QED) is 0.425. The SMILES string of the molecule is CCOC(=O)c1sc(N2C(=O)c3oc4ccccc4c(=O)c3[C@@H]2c2ccc(C)o2)nc1C. The molecule has 8 nitrogen and oxygen atoms in total. The normalized spacial score (nSPS) is 15.4. The van der Waals surface area contributed by atoms with E-state index in [1.54, 1.807) is 57.2 Å². The number of hydrogen-bond donors (Lipinski definition) is 0. The smallest absolute Gasteiger partial charge is 0.350 e. The number of amides is 1. The largest absolute Gasteiger partial charge is 0.464 e. The molecule has 5 rings (SSSR count). The lowest BCUT2D eigenvalue weighted by molar-refractivity contribution is 0.0531. The molecule has 4 heterocycles. The van der Waals surface area contributed by atoms with E-state index in [0.717, 1.165) is 11.3 Å². The molecule has 9 heteroatoms. The summed E-state index contributed by atoms with van der Waals surface area (Å²) in [5, 5.41) is 0.626. The topological polar surface area (TPSA) is 103 Å². The van der Waals surface area contributed by atoms with E-state index in [1.165, 1.54) is 4.90 Å². The van der Waals surface area contributed by atoms with Gasteiger partial charge in [-0.25, -0.2) is 9.78 Å². The molecule has 0 radical (unpaired) electrons. The number of esters is 1. The molecule has 0 spiro atoms. The number of thiazole rings is 1. The van der Waals surface area contributed by atoms with Gasteiger partial charge in [-0.3, -0.25) is 14.5 Å². The summed E-state index contributed by atoms with van der Waals surface area (Å²) in [5.74, 6) is -0.0520. The molecule has 0 unspecified atom stereocenters. The molecule has 1 aliphatic heterocycles. The highest BCUT2D eigenvalue weighted by molar-refractivity contribution is 7.17. The minimum absolute atomic E-state index is 0.0571. The van der Waals surface area contributed by atoms with Gasteiger partial charge >= 0.3 is 5.97 Å². The van der Waals surface area contributed by atoms with Gasteiger partial charge in [0.15, 0.2) is 10.6 Å². The van der Waals surface area contributed by atoms with Crippen LogP contribution in [0.5, 0.6) is 0 Å². The summed E-state index contributed by atoms with van der Waals surface area (Å²) in [7, 11) is 0. The maximum atomic E-state index is 13.5. The number of nitrogens with zero attached hydrogens (tertiary/aromatic N) is 2. The Morgan fingerprint density at radius 3 is 2.66 bits per heavy atom. The lowest BCUT2D eigenvalue weighted by Gasteiger charge is -2.20. The first-order valence-electron chi connectivity index (χ1n) is 10.0. The molecule has 0 fully saturated rings. The Balaban J connectivity index is 1.74. The van der Waals surface area contributed by atoms with E-state index in [4.69, 9.17) is 13.6 Å². The highest BCUT2D eigenvalue weighted by Gasteiger charge is 2.46. The third-order valence-corrected chi connectivity index (χ3v) is 6.40. The summed E-state index contributed by atoms with van der Waals surface area (Å²) in [6.07, 6.45) is 0. The van der Waals surface area contributed by atoms with Gasteiger partial charge in [-0.05, 0) is 45.0 Å². The van der Waals surface area contributed by atoms with E-state index >= 15 is 0 Å². The van der Waals surface area contributed by atoms with Crippen molar-refractivity contribution in [1.82, 2.24) is 4.98 Å². The zero-order valence-electron chi connectivity index (χ0n) is 17.5. The molecule has 32 heavy (non-hydrogen) atoms. The van der Waals surface area contributed by atoms with Crippen molar-refractivity contribution < 1.29 is 23.2 Å². The van der Waals surface area contributed by atoms with Crippen LogP contribution in [0.2, 0.25) is 0 Å².